The Kier molecular flexibility index (Phi) is 4.06. The van der Waals surface area contributed by atoms with Crippen LogP contribution in [0.25, 0.3) is 0 Å². The van der Waals surface area contributed by atoms with E-state index >= 15 is 0 Å². The van der Waals surface area contributed by atoms with Crippen LogP contribution in [0.3, 0.4) is 0 Å². The average Bonchev–Trinajstić information content (AvgIpc) is 2.92. The molecule has 1 aromatic rings. The smallest absolute Gasteiger partial charge is 0.264 e. The Bertz CT molecular complexity index is 548. The zero-order chi connectivity index (χ0) is 13.9. The normalized spacial score (nSPS) is 19.1. The highest BCUT2D eigenvalue weighted by atomic mass is 32.2. The minimum absolute atomic E-state index is 0.0413. The number of amides is 1. The van der Waals surface area contributed by atoms with E-state index in [0.717, 1.165) is 13.0 Å². The molecule has 6 nitrogen and oxygen atoms in total. The lowest BCUT2D eigenvalue weighted by atomic mass is 10.2. The molecule has 7 heteroatoms. The first-order valence-electron chi connectivity index (χ1n) is 5.97. The largest absolute Gasteiger partial charge is 0.497 e. The van der Waals surface area contributed by atoms with Crippen LogP contribution in [0.15, 0.2) is 29.2 Å². The molecule has 1 atom stereocenters. The van der Waals surface area contributed by atoms with Gasteiger partial charge in [0.25, 0.3) is 15.9 Å². The number of carbonyl (C=O) groups is 1. The van der Waals surface area contributed by atoms with E-state index in [1.807, 2.05) is 0 Å². The molecule has 19 heavy (non-hydrogen) atoms. The van der Waals surface area contributed by atoms with E-state index in [0.29, 0.717) is 12.2 Å². The molecule has 0 spiro atoms. The highest BCUT2D eigenvalue weighted by molar-refractivity contribution is 7.90. The number of methoxy groups -OCH3 is 1. The Labute approximate surface area is 112 Å². The van der Waals surface area contributed by atoms with Gasteiger partial charge in [-0.3, -0.25) is 4.79 Å². The second kappa shape index (κ2) is 5.58. The minimum atomic E-state index is -3.82. The predicted octanol–water partition coefficient (Wildman–Crippen LogP) is 0.252. The fourth-order valence-electron chi connectivity index (χ4n) is 1.93. The topological polar surface area (TPSA) is 84.5 Å². The van der Waals surface area contributed by atoms with Crippen molar-refractivity contribution in [2.45, 2.75) is 23.8 Å². The first kappa shape index (κ1) is 13.8. The first-order valence-corrected chi connectivity index (χ1v) is 7.45. The number of carbonyl (C=O) groups excluding carboxylic acids is 1. The third kappa shape index (κ3) is 3.24. The summed E-state index contributed by atoms with van der Waals surface area (Å²) >= 11 is 0. The van der Waals surface area contributed by atoms with Crippen molar-refractivity contribution in [1.29, 1.82) is 0 Å². The maximum atomic E-state index is 12.0. The van der Waals surface area contributed by atoms with Crippen LogP contribution < -0.4 is 14.8 Å². The number of benzene rings is 1. The predicted molar refractivity (Wildman–Crippen MR) is 69.3 cm³/mol. The number of ether oxygens (including phenoxy) is 1. The van der Waals surface area contributed by atoms with Crippen molar-refractivity contribution in [1.82, 2.24) is 10.0 Å². The van der Waals surface area contributed by atoms with Gasteiger partial charge in [-0.25, -0.2) is 13.1 Å². The lowest BCUT2D eigenvalue weighted by molar-refractivity contribution is -0.121. The summed E-state index contributed by atoms with van der Waals surface area (Å²) < 4.78 is 31.0. The van der Waals surface area contributed by atoms with Crippen molar-refractivity contribution in [2.75, 3.05) is 13.7 Å². The summed E-state index contributed by atoms with van der Waals surface area (Å²) in [4.78, 5) is 11.8. The van der Waals surface area contributed by atoms with Gasteiger partial charge in [0.15, 0.2) is 0 Å². The van der Waals surface area contributed by atoms with E-state index in [4.69, 9.17) is 4.74 Å². The second-order valence-corrected chi connectivity index (χ2v) is 5.98. The molecule has 1 saturated heterocycles. The number of sulfonamides is 1. The van der Waals surface area contributed by atoms with Gasteiger partial charge in [-0.05, 0) is 43.7 Å². The molecule has 0 aliphatic carbocycles. The monoisotopic (exact) mass is 284 g/mol. The summed E-state index contributed by atoms with van der Waals surface area (Å²) in [7, 11) is -2.32. The van der Waals surface area contributed by atoms with Crippen LogP contribution in [0.2, 0.25) is 0 Å². The maximum Gasteiger partial charge on any atom is 0.264 e. The fraction of sp³-hybridized carbons (Fsp3) is 0.417. The number of hydrogen-bond donors (Lipinski definition) is 2. The maximum absolute atomic E-state index is 12.0. The molecule has 1 amide bonds. The number of hydrogen-bond acceptors (Lipinski definition) is 5. The van der Waals surface area contributed by atoms with Gasteiger partial charge in [0.1, 0.15) is 5.75 Å². The van der Waals surface area contributed by atoms with E-state index in [2.05, 4.69) is 10.0 Å². The Hall–Kier alpha value is -1.60. The summed E-state index contributed by atoms with van der Waals surface area (Å²) in [6, 6.07) is 5.44. The SMILES string of the molecule is COc1ccc(S(=O)(=O)NC(=O)C2CCCN2)cc1. The average molecular weight is 284 g/mol. The Morgan fingerprint density at radius 2 is 2.05 bits per heavy atom. The summed E-state index contributed by atoms with van der Waals surface area (Å²) in [5.74, 6) is 0.0519. The molecule has 1 aliphatic rings. The van der Waals surface area contributed by atoms with Crippen molar-refractivity contribution in [2.24, 2.45) is 0 Å². The van der Waals surface area contributed by atoms with Gasteiger partial charge in [-0.1, -0.05) is 0 Å². The summed E-state index contributed by atoms with van der Waals surface area (Å²) in [5.41, 5.74) is 0. The van der Waals surface area contributed by atoms with Gasteiger partial charge in [-0.15, -0.1) is 0 Å². The molecule has 0 saturated carbocycles. The number of nitrogens with one attached hydrogen (secondary N) is 2. The van der Waals surface area contributed by atoms with Crippen LogP contribution in [-0.2, 0) is 14.8 Å². The van der Waals surface area contributed by atoms with Crippen molar-refractivity contribution < 1.29 is 17.9 Å². The third-order valence-electron chi connectivity index (χ3n) is 2.98. The molecule has 0 bridgehead atoms. The molecule has 0 radical (unpaired) electrons. The van der Waals surface area contributed by atoms with Crippen LogP contribution in [0.4, 0.5) is 0 Å². The van der Waals surface area contributed by atoms with Crippen molar-refractivity contribution in [3.05, 3.63) is 24.3 Å². The quantitative estimate of drug-likeness (QED) is 0.828. The van der Waals surface area contributed by atoms with Crippen LogP contribution >= 0.6 is 0 Å². The third-order valence-corrected chi connectivity index (χ3v) is 4.34. The first-order chi connectivity index (χ1) is 9.03. The molecule has 1 unspecified atom stereocenters. The second-order valence-electron chi connectivity index (χ2n) is 4.29. The summed E-state index contributed by atoms with van der Waals surface area (Å²) in [5, 5.41) is 2.95. The van der Waals surface area contributed by atoms with E-state index < -0.39 is 22.0 Å². The van der Waals surface area contributed by atoms with Gasteiger partial charge < -0.3 is 10.1 Å². The van der Waals surface area contributed by atoms with E-state index in [1.165, 1.54) is 31.4 Å². The van der Waals surface area contributed by atoms with Crippen LogP contribution in [-0.4, -0.2) is 34.0 Å². The molecule has 2 N–H and O–H groups in total. The zero-order valence-corrected chi connectivity index (χ0v) is 11.4. The highest BCUT2D eigenvalue weighted by Gasteiger charge is 2.26. The van der Waals surface area contributed by atoms with Crippen molar-refractivity contribution in [3.8, 4) is 5.75 Å². The van der Waals surface area contributed by atoms with Crippen molar-refractivity contribution in [3.63, 3.8) is 0 Å². The Morgan fingerprint density at radius 1 is 1.37 bits per heavy atom. The van der Waals surface area contributed by atoms with E-state index in [-0.39, 0.29) is 4.90 Å². The molecule has 104 valence electrons. The molecular formula is C12H16N2O4S. The van der Waals surface area contributed by atoms with Gasteiger partial charge in [0, 0.05) is 0 Å². The molecule has 1 aromatic carbocycles. The molecule has 2 rings (SSSR count). The Morgan fingerprint density at radius 3 is 2.58 bits per heavy atom. The van der Waals surface area contributed by atoms with Crippen LogP contribution in [0.1, 0.15) is 12.8 Å². The fourth-order valence-corrected chi connectivity index (χ4v) is 2.95. The summed E-state index contributed by atoms with van der Waals surface area (Å²) in [6.45, 7) is 0.737. The van der Waals surface area contributed by atoms with Gasteiger partial charge in [-0.2, -0.15) is 0 Å². The standard InChI is InChI=1S/C12H16N2O4S/c1-18-9-4-6-10(7-5-9)19(16,17)14-12(15)11-3-2-8-13-11/h4-7,11,13H,2-3,8H2,1H3,(H,14,15). The van der Waals surface area contributed by atoms with Gasteiger partial charge in [0.2, 0.25) is 0 Å². The molecule has 1 heterocycles. The van der Waals surface area contributed by atoms with Crippen LogP contribution in [0.5, 0.6) is 5.75 Å². The van der Waals surface area contributed by atoms with Gasteiger partial charge in [0.05, 0.1) is 18.0 Å². The van der Waals surface area contributed by atoms with E-state index in [1.54, 1.807) is 0 Å². The van der Waals surface area contributed by atoms with Gasteiger partial charge >= 0.3 is 0 Å². The lowest BCUT2D eigenvalue weighted by Gasteiger charge is -2.11. The minimum Gasteiger partial charge on any atom is -0.497 e. The van der Waals surface area contributed by atoms with Crippen molar-refractivity contribution >= 4 is 15.9 Å². The molecule has 1 fully saturated rings. The molecule has 1 aliphatic heterocycles. The zero-order valence-electron chi connectivity index (χ0n) is 10.5. The molecule has 0 aromatic heterocycles. The lowest BCUT2D eigenvalue weighted by Crippen LogP contribution is -2.43. The number of rotatable bonds is 4. The van der Waals surface area contributed by atoms with Crippen LogP contribution in [0, 0.1) is 0 Å². The Balaban J connectivity index is 2.10. The highest BCUT2D eigenvalue weighted by Crippen LogP contribution is 2.15. The van der Waals surface area contributed by atoms with E-state index in [9.17, 15) is 13.2 Å². The summed E-state index contributed by atoms with van der Waals surface area (Å²) in [6.07, 6.45) is 1.53. The molecular weight excluding hydrogens is 268 g/mol.